The summed E-state index contributed by atoms with van der Waals surface area (Å²) in [6.07, 6.45) is 0. The normalized spacial score (nSPS) is 18.0. The first kappa shape index (κ1) is 21.3. The molecule has 3 aromatic rings. The minimum absolute atomic E-state index is 0.0944. The molecular weight excluding hydrogens is 440 g/mol. The number of hydrogen-bond acceptors (Lipinski definition) is 6. The van der Waals surface area contributed by atoms with E-state index < -0.39 is 10.0 Å². The number of piperazine rings is 1. The summed E-state index contributed by atoms with van der Waals surface area (Å²) in [4.78, 5) is 10.7. The van der Waals surface area contributed by atoms with Crippen LogP contribution in [0.15, 0.2) is 53.4 Å². The van der Waals surface area contributed by atoms with Crippen LogP contribution in [0, 0.1) is 0 Å². The van der Waals surface area contributed by atoms with Gasteiger partial charge in [0.15, 0.2) is 5.13 Å². The van der Waals surface area contributed by atoms with E-state index in [-0.39, 0.29) is 4.90 Å². The fourth-order valence-electron chi connectivity index (χ4n) is 3.46. The average Bonchev–Trinajstić information content (AvgIpc) is 3.15. The number of rotatable bonds is 4. The summed E-state index contributed by atoms with van der Waals surface area (Å²) in [5.74, 6) is 0. The summed E-state index contributed by atoms with van der Waals surface area (Å²) in [6, 6.07) is 14.7. The molecule has 0 radical (unpaired) electrons. The first-order valence-electron chi connectivity index (χ1n) is 9.57. The van der Waals surface area contributed by atoms with Crippen LogP contribution in [0.4, 0.5) is 5.13 Å². The molecule has 1 fully saturated rings. The second-order valence-corrected chi connectivity index (χ2v) is 10.5. The summed E-state index contributed by atoms with van der Waals surface area (Å²) >= 11 is 7.69. The van der Waals surface area contributed by atoms with Gasteiger partial charge in [-0.1, -0.05) is 47.2 Å². The molecule has 6 nitrogen and oxygen atoms in total. The number of likely N-dealkylation sites (N-methyl/N-ethyl adjacent to an activating group) is 1. The molecule has 1 atom stereocenters. The molecule has 1 aliphatic heterocycles. The second-order valence-electron chi connectivity index (χ2n) is 7.53. The number of hydrogen-bond donors (Lipinski definition) is 1. The van der Waals surface area contributed by atoms with Gasteiger partial charge in [-0.05, 0) is 43.8 Å². The Bertz CT molecular complexity index is 1140. The van der Waals surface area contributed by atoms with Crippen molar-refractivity contribution in [3.05, 3.63) is 53.6 Å². The Hall–Kier alpha value is -1.97. The molecule has 158 valence electrons. The monoisotopic (exact) mass is 462 g/mol. The molecule has 30 heavy (non-hydrogen) atoms. The second kappa shape index (κ2) is 8.28. The quantitative estimate of drug-likeness (QED) is 0.635. The molecule has 0 aliphatic carbocycles. The average molecular weight is 463 g/mol. The Morgan fingerprint density at radius 3 is 2.30 bits per heavy atom. The number of primary sulfonamides is 1. The molecule has 0 bridgehead atoms. The molecule has 2 aromatic carbocycles. The Morgan fingerprint density at radius 1 is 1.07 bits per heavy atom. The van der Waals surface area contributed by atoms with Crippen molar-refractivity contribution in [2.75, 3.05) is 31.6 Å². The molecule has 1 aromatic heterocycles. The molecule has 9 heteroatoms. The predicted octanol–water partition coefficient (Wildman–Crippen LogP) is 3.92. The highest BCUT2D eigenvalue weighted by Gasteiger charge is 2.25. The highest BCUT2D eigenvalue weighted by atomic mass is 35.5. The van der Waals surface area contributed by atoms with Gasteiger partial charge in [0.25, 0.3) is 0 Å². The zero-order valence-electron chi connectivity index (χ0n) is 16.7. The van der Waals surface area contributed by atoms with Crippen LogP contribution >= 0.6 is 22.9 Å². The fraction of sp³-hybridized carbons (Fsp3) is 0.286. The van der Waals surface area contributed by atoms with Crippen molar-refractivity contribution >= 4 is 38.1 Å². The molecular formula is C21H23ClN4O2S2. The van der Waals surface area contributed by atoms with E-state index in [1.165, 1.54) is 12.1 Å². The Morgan fingerprint density at radius 2 is 1.70 bits per heavy atom. The number of nitrogens with two attached hydrogens (primary N) is 1. The molecule has 2 heterocycles. The SMILES string of the molecule is C[C@@H]1CN(c2nc(-c3ccc(Cl)cc3)c(-c3ccc(S(N)(=O)=O)cc3)s2)CCN1C. The number of sulfonamides is 1. The van der Waals surface area contributed by atoms with E-state index >= 15 is 0 Å². The number of benzene rings is 2. The van der Waals surface area contributed by atoms with Gasteiger partial charge in [0.1, 0.15) is 0 Å². The van der Waals surface area contributed by atoms with Gasteiger partial charge in [-0.15, -0.1) is 0 Å². The smallest absolute Gasteiger partial charge is 0.238 e. The lowest BCUT2D eigenvalue weighted by molar-refractivity contribution is 0.234. The first-order valence-corrected chi connectivity index (χ1v) is 12.3. The van der Waals surface area contributed by atoms with E-state index in [9.17, 15) is 8.42 Å². The van der Waals surface area contributed by atoms with Crippen LogP contribution in [-0.2, 0) is 10.0 Å². The third kappa shape index (κ3) is 4.38. The molecule has 0 saturated carbocycles. The zero-order valence-corrected chi connectivity index (χ0v) is 19.1. The maximum atomic E-state index is 11.6. The van der Waals surface area contributed by atoms with Crippen LogP contribution in [0.5, 0.6) is 0 Å². The van der Waals surface area contributed by atoms with Crippen LogP contribution in [0.3, 0.4) is 0 Å². The van der Waals surface area contributed by atoms with E-state index in [1.807, 2.05) is 24.3 Å². The summed E-state index contributed by atoms with van der Waals surface area (Å²) < 4.78 is 23.2. The highest BCUT2D eigenvalue weighted by Crippen LogP contribution is 2.41. The first-order chi connectivity index (χ1) is 14.2. The van der Waals surface area contributed by atoms with Crippen LogP contribution in [0.25, 0.3) is 21.7 Å². The van der Waals surface area contributed by atoms with Crippen LogP contribution in [0.1, 0.15) is 6.92 Å². The van der Waals surface area contributed by atoms with E-state index in [0.717, 1.165) is 46.5 Å². The van der Waals surface area contributed by atoms with E-state index in [1.54, 1.807) is 23.5 Å². The molecule has 1 aliphatic rings. The van der Waals surface area contributed by atoms with Gasteiger partial charge >= 0.3 is 0 Å². The minimum Gasteiger partial charge on any atom is -0.345 e. The lowest BCUT2D eigenvalue weighted by atomic mass is 10.1. The van der Waals surface area contributed by atoms with Crippen molar-refractivity contribution < 1.29 is 8.42 Å². The molecule has 2 N–H and O–H groups in total. The summed E-state index contributed by atoms with van der Waals surface area (Å²) in [7, 11) is -1.59. The molecule has 1 saturated heterocycles. The number of halogens is 1. The topological polar surface area (TPSA) is 79.5 Å². The van der Waals surface area contributed by atoms with Gasteiger partial charge in [-0.2, -0.15) is 0 Å². The van der Waals surface area contributed by atoms with Crippen molar-refractivity contribution in [2.45, 2.75) is 17.9 Å². The summed E-state index contributed by atoms with van der Waals surface area (Å²) in [5.41, 5.74) is 2.73. The zero-order chi connectivity index (χ0) is 21.5. The Balaban J connectivity index is 1.78. The summed E-state index contributed by atoms with van der Waals surface area (Å²) in [6.45, 7) is 5.02. The van der Waals surface area contributed by atoms with E-state index in [2.05, 4.69) is 23.8 Å². The van der Waals surface area contributed by atoms with Crippen molar-refractivity contribution in [1.29, 1.82) is 0 Å². The fourth-order valence-corrected chi connectivity index (χ4v) is 5.23. The lowest BCUT2D eigenvalue weighted by Crippen LogP contribution is -2.50. The highest BCUT2D eigenvalue weighted by molar-refractivity contribution is 7.89. The lowest BCUT2D eigenvalue weighted by Gasteiger charge is -2.37. The van der Waals surface area contributed by atoms with Gasteiger partial charge < -0.3 is 9.80 Å². The Labute approximate surface area is 186 Å². The standard InChI is InChI=1S/C21H23ClN4O2S2/c1-14-13-26(12-11-25(14)2)21-24-19(15-3-7-17(22)8-4-15)20(29-21)16-5-9-18(10-6-16)30(23,27)28/h3-10,14H,11-13H2,1-2H3,(H2,23,27,28)/t14-/m1/s1. The van der Waals surface area contributed by atoms with E-state index in [0.29, 0.717) is 11.1 Å². The van der Waals surface area contributed by atoms with Gasteiger partial charge in [-0.25, -0.2) is 18.5 Å². The maximum absolute atomic E-state index is 11.6. The van der Waals surface area contributed by atoms with Crippen LogP contribution < -0.4 is 10.0 Å². The third-order valence-electron chi connectivity index (χ3n) is 5.41. The van der Waals surface area contributed by atoms with Gasteiger partial charge in [0, 0.05) is 36.3 Å². The van der Waals surface area contributed by atoms with Gasteiger partial charge in [0.05, 0.1) is 15.5 Å². The minimum atomic E-state index is -3.73. The van der Waals surface area contributed by atoms with Crippen LogP contribution in [0.2, 0.25) is 5.02 Å². The van der Waals surface area contributed by atoms with Gasteiger partial charge in [0.2, 0.25) is 10.0 Å². The van der Waals surface area contributed by atoms with Crippen LogP contribution in [-0.4, -0.2) is 51.0 Å². The molecule has 0 unspecified atom stereocenters. The van der Waals surface area contributed by atoms with Gasteiger partial charge in [-0.3, -0.25) is 0 Å². The largest absolute Gasteiger partial charge is 0.345 e. The van der Waals surface area contributed by atoms with Crippen molar-refractivity contribution in [2.24, 2.45) is 5.14 Å². The third-order valence-corrected chi connectivity index (χ3v) is 7.76. The molecule has 0 spiro atoms. The number of aromatic nitrogens is 1. The Kier molecular flexibility index (Phi) is 5.87. The number of thiazole rings is 1. The molecule has 4 rings (SSSR count). The number of anilines is 1. The van der Waals surface area contributed by atoms with E-state index in [4.69, 9.17) is 21.7 Å². The van der Waals surface area contributed by atoms with Crippen molar-refractivity contribution in [3.8, 4) is 21.7 Å². The van der Waals surface area contributed by atoms with Crippen molar-refractivity contribution in [1.82, 2.24) is 9.88 Å². The summed E-state index contributed by atoms with van der Waals surface area (Å²) in [5, 5.41) is 6.88. The van der Waals surface area contributed by atoms with Crippen molar-refractivity contribution in [3.63, 3.8) is 0 Å². The number of nitrogens with zero attached hydrogens (tertiary/aromatic N) is 3. The predicted molar refractivity (Wildman–Crippen MR) is 124 cm³/mol. The maximum Gasteiger partial charge on any atom is 0.238 e. The molecule has 0 amide bonds.